The van der Waals surface area contributed by atoms with Crippen LogP contribution in [-0.4, -0.2) is 55.4 Å². The van der Waals surface area contributed by atoms with Gasteiger partial charge in [0.2, 0.25) is 0 Å². The summed E-state index contributed by atoms with van der Waals surface area (Å²) in [7, 11) is 1.55. The molecule has 8 heteroatoms. The van der Waals surface area contributed by atoms with E-state index in [0.29, 0.717) is 42.7 Å². The van der Waals surface area contributed by atoms with Crippen molar-refractivity contribution in [2.24, 2.45) is 0 Å². The van der Waals surface area contributed by atoms with Crippen molar-refractivity contribution in [3.05, 3.63) is 33.9 Å². The predicted octanol–water partition coefficient (Wildman–Crippen LogP) is 3.18. The average molecular weight is 447 g/mol. The lowest BCUT2D eigenvalue weighted by molar-refractivity contribution is -0.143. The molecular weight excluding hydrogens is 412 g/mol. The van der Waals surface area contributed by atoms with Gasteiger partial charge in [-0.15, -0.1) is 0 Å². The number of phenolic OH excluding ortho intramolecular Hbond substituents is 1. The maximum absolute atomic E-state index is 12.0. The zero-order chi connectivity index (χ0) is 23.1. The van der Waals surface area contributed by atoms with Gasteiger partial charge >= 0.3 is 11.9 Å². The minimum atomic E-state index is -0.510. The minimum absolute atomic E-state index is 0.0856. The summed E-state index contributed by atoms with van der Waals surface area (Å²) < 4.78 is 15.9. The first-order valence-corrected chi connectivity index (χ1v) is 11.3. The van der Waals surface area contributed by atoms with Crippen LogP contribution in [-0.2, 0) is 27.3 Å². The van der Waals surface area contributed by atoms with Crippen LogP contribution in [0.3, 0.4) is 0 Å². The molecule has 176 valence electrons. The Morgan fingerprint density at radius 2 is 2.12 bits per heavy atom. The number of cyclic esters (lactones) is 1. The number of aromatic hydroxyl groups is 1. The molecule has 0 aliphatic carbocycles. The van der Waals surface area contributed by atoms with Crippen LogP contribution in [0.2, 0.25) is 0 Å². The number of hydrazine groups is 1. The molecule has 2 aliphatic rings. The number of nitrogens with zero attached hydrogens (tertiary/aromatic N) is 1. The van der Waals surface area contributed by atoms with Gasteiger partial charge in [-0.25, -0.2) is 9.80 Å². The summed E-state index contributed by atoms with van der Waals surface area (Å²) in [6.45, 7) is 7.51. The first kappa shape index (κ1) is 24.1. The number of hydrogen-bond acceptors (Lipinski definition) is 8. The molecule has 0 aromatic heterocycles. The molecule has 0 atom stereocenters. The molecule has 0 radical (unpaired) electrons. The number of esters is 2. The Kier molecular flexibility index (Phi) is 8.53. The monoisotopic (exact) mass is 446 g/mol. The zero-order valence-corrected chi connectivity index (χ0v) is 19.3. The van der Waals surface area contributed by atoms with Crippen molar-refractivity contribution >= 4 is 11.9 Å². The number of carbonyl (C=O) groups is 2. The summed E-state index contributed by atoms with van der Waals surface area (Å²) in [5.41, 5.74) is 6.58. The van der Waals surface area contributed by atoms with Crippen molar-refractivity contribution in [2.75, 3.05) is 33.4 Å². The number of benzene rings is 1. The number of methoxy groups -OCH3 is 1. The number of ether oxygens (including phenoxy) is 3. The second-order valence-corrected chi connectivity index (χ2v) is 8.35. The quantitative estimate of drug-likeness (QED) is 0.304. The maximum atomic E-state index is 12.0. The fraction of sp³-hybridized carbons (Fsp3) is 0.583. The standard InChI is InChI=1S/C24H34N2O6/c1-16(8-10-20(27)31-14-5-4-12-26-13-6-11-25-26)7-9-18-22(28)21-19(15-32-24(21)29)17(2)23(18)30-3/h7,25,28H,4-6,8-15H2,1-3H3/b16-7+. The van der Waals surface area contributed by atoms with Crippen LogP contribution in [0.25, 0.3) is 0 Å². The van der Waals surface area contributed by atoms with Crippen molar-refractivity contribution in [1.82, 2.24) is 10.4 Å². The molecule has 8 nitrogen and oxygen atoms in total. The van der Waals surface area contributed by atoms with Crippen LogP contribution in [0.4, 0.5) is 0 Å². The lowest BCUT2D eigenvalue weighted by atomic mass is 9.94. The third kappa shape index (κ3) is 5.81. The van der Waals surface area contributed by atoms with E-state index in [1.165, 1.54) is 6.42 Å². The van der Waals surface area contributed by atoms with Gasteiger partial charge in [0, 0.05) is 37.2 Å². The Hall–Kier alpha value is -2.58. The van der Waals surface area contributed by atoms with Gasteiger partial charge in [0.05, 0.1) is 13.7 Å². The van der Waals surface area contributed by atoms with Gasteiger partial charge in [-0.05, 0) is 51.5 Å². The van der Waals surface area contributed by atoms with Crippen LogP contribution in [0.15, 0.2) is 11.6 Å². The second kappa shape index (κ2) is 11.3. The van der Waals surface area contributed by atoms with Crippen molar-refractivity contribution < 1.29 is 28.9 Å². The topological polar surface area (TPSA) is 97.3 Å². The second-order valence-electron chi connectivity index (χ2n) is 8.35. The van der Waals surface area contributed by atoms with Crippen LogP contribution in [0.1, 0.15) is 66.1 Å². The molecule has 0 spiro atoms. The smallest absolute Gasteiger partial charge is 0.342 e. The van der Waals surface area contributed by atoms with E-state index in [2.05, 4.69) is 10.4 Å². The van der Waals surface area contributed by atoms with E-state index >= 15 is 0 Å². The summed E-state index contributed by atoms with van der Waals surface area (Å²) in [5.74, 6) is -0.233. The molecular formula is C24H34N2O6. The Balaban J connectivity index is 1.46. The molecule has 1 saturated heterocycles. The van der Waals surface area contributed by atoms with Crippen molar-refractivity contribution in [3.63, 3.8) is 0 Å². The van der Waals surface area contributed by atoms with Crippen LogP contribution >= 0.6 is 0 Å². The highest BCUT2D eigenvalue weighted by Crippen LogP contribution is 2.42. The van der Waals surface area contributed by atoms with E-state index in [4.69, 9.17) is 14.2 Å². The highest BCUT2D eigenvalue weighted by Gasteiger charge is 2.31. The lowest BCUT2D eigenvalue weighted by Crippen LogP contribution is -2.31. The molecule has 0 bridgehead atoms. The lowest BCUT2D eigenvalue weighted by Gasteiger charge is -2.15. The fourth-order valence-electron chi connectivity index (χ4n) is 4.15. The van der Waals surface area contributed by atoms with Crippen LogP contribution in [0.5, 0.6) is 11.5 Å². The van der Waals surface area contributed by atoms with Gasteiger partial charge in [-0.3, -0.25) is 10.2 Å². The third-order valence-electron chi connectivity index (χ3n) is 6.05. The highest BCUT2D eigenvalue weighted by atomic mass is 16.5. The molecule has 1 fully saturated rings. The normalized spacial score (nSPS) is 16.2. The van der Waals surface area contributed by atoms with E-state index in [1.54, 1.807) is 7.11 Å². The largest absolute Gasteiger partial charge is 0.507 e. The Morgan fingerprint density at radius 1 is 1.31 bits per heavy atom. The molecule has 2 heterocycles. The van der Waals surface area contributed by atoms with Gasteiger partial charge in [-0.1, -0.05) is 11.6 Å². The number of nitrogens with one attached hydrogen (secondary N) is 1. The van der Waals surface area contributed by atoms with Crippen LogP contribution in [0, 0.1) is 6.92 Å². The van der Waals surface area contributed by atoms with Gasteiger partial charge in [0.15, 0.2) is 0 Å². The number of hydrogen-bond donors (Lipinski definition) is 2. The molecule has 2 aliphatic heterocycles. The zero-order valence-electron chi connectivity index (χ0n) is 19.3. The SMILES string of the molecule is COc1c(C)c2c(c(O)c1C/C=C(\C)CCC(=O)OCCCCN1CCCN1)C(=O)OC2. The Bertz CT molecular complexity index is 874. The molecule has 3 rings (SSSR count). The first-order valence-electron chi connectivity index (χ1n) is 11.3. The minimum Gasteiger partial charge on any atom is -0.507 e. The summed E-state index contributed by atoms with van der Waals surface area (Å²) in [4.78, 5) is 24.0. The van der Waals surface area contributed by atoms with Gasteiger partial charge in [0.25, 0.3) is 0 Å². The predicted molar refractivity (Wildman–Crippen MR) is 120 cm³/mol. The maximum Gasteiger partial charge on any atom is 0.342 e. The first-order chi connectivity index (χ1) is 15.4. The number of fused-ring (bicyclic) bond motifs is 1. The van der Waals surface area contributed by atoms with E-state index < -0.39 is 5.97 Å². The summed E-state index contributed by atoms with van der Waals surface area (Å²) in [5, 5.41) is 12.9. The molecule has 0 amide bonds. The van der Waals surface area contributed by atoms with Gasteiger partial charge in [0.1, 0.15) is 23.7 Å². The molecule has 1 aromatic rings. The summed E-state index contributed by atoms with van der Waals surface area (Å²) >= 11 is 0. The van der Waals surface area contributed by atoms with Crippen molar-refractivity contribution in [3.8, 4) is 11.5 Å². The van der Waals surface area contributed by atoms with Crippen molar-refractivity contribution in [1.29, 1.82) is 0 Å². The third-order valence-corrected chi connectivity index (χ3v) is 6.05. The molecule has 0 saturated carbocycles. The Labute approximate surface area is 189 Å². The fourth-order valence-corrected chi connectivity index (χ4v) is 4.15. The van der Waals surface area contributed by atoms with Gasteiger partial charge in [-0.2, -0.15) is 0 Å². The van der Waals surface area contributed by atoms with Gasteiger partial charge < -0.3 is 19.3 Å². The van der Waals surface area contributed by atoms with Crippen LogP contribution < -0.4 is 10.2 Å². The number of allylic oxidation sites excluding steroid dienone is 2. The molecule has 0 unspecified atom stereocenters. The van der Waals surface area contributed by atoms with E-state index in [-0.39, 0.29) is 23.9 Å². The number of phenols is 1. The molecule has 2 N–H and O–H groups in total. The van der Waals surface area contributed by atoms with E-state index in [0.717, 1.165) is 43.6 Å². The number of carbonyl (C=O) groups excluding carboxylic acids is 2. The van der Waals surface area contributed by atoms with Crippen molar-refractivity contribution in [2.45, 2.75) is 59.0 Å². The molecule has 32 heavy (non-hydrogen) atoms. The summed E-state index contributed by atoms with van der Waals surface area (Å²) in [6, 6.07) is 0. The van der Waals surface area contributed by atoms with E-state index in [9.17, 15) is 14.7 Å². The average Bonchev–Trinajstić information content (AvgIpc) is 3.43. The highest BCUT2D eigenvalue weighted by molar-refractivity contribution is 5.98. The number of rotatable bonds is 11. The number of unbranched alkanes of at least 4 members (excludes halogenated alkanes) is 1. The van der Waals surface area contributed by atoms with E-state index in [1.807, 2.05) is 19.9 Å². The Morgan fingerprint density at radius 3 is 2.84 bits per heavy atom. The molecule has 1 aromatic carbocycles. The summed E-state index contributed by atoms with van der Waals surface area (Å²) in [6.07, 6.45) is 6.27.